The fourth-order valence-corrected chi connectivity index (χ4v) is 2.54. The third-order valence-corrected chi connectivity index (χ3v) is 3.86. The maximum atomic E-state index is 10.2. The minimum atomic E-state index is -0.429. The SMILES string of the molecule is CCN1CCC(C(O)COc2cccc(O)c2)CC1. The Labute approximate surface area is 114 Å². The van der Waals surface area contributed by atoms with Gasteiger partial charge in [0.15, 0.2) is 0 Å². The zero-order valence-corrected chi connectivity index (χ0v) is 11.5. The Morgan fingerprint density at radius 2 is 2.11 bits per heavy atom. The largest absolute Gasteiger partial charge is 0.508 e. The van der Waals surface area contributed by atoms with Crippen LogP contribution >= 0.6 is 0 Å². The number of likely N-dealkylation sites (tertiary alicyclic amines) is 1. The topological polar surface area (TPSA) is 52.9 Å². The van der Waals surface area contributed by atoms with Gasteiger partial charge in [-0.25, -0.2) is 0 Å². The van der Waals surface area contributed by atoms with Gasteiger partial charge in [-0.1, -0.05) is 13.0 Å². The van der Waals surface area contributed by atoms with Gasteiger partial charge in [0, 0.05) is 6.07 Å². The lowest BCUT2D eigenvalue weighted by molar-refractivity contribution is 0.0266. The van der Waals surface area contributed by atoms with Crippen molar-refractivity contribution < 1.29 is 14.9 Å². The molecule has 4 heteroatoms. The lowest BCUT2D eigenvalue weighted by Crippen LogP contribution is -2.39. The van der Waals surface area contributed by atoms with Crippen LogP contribution < -0.4 is 4.74 Å². The Hall–Kier alpha value is -1.26. The monoisotopic (exact) mass is 265 g/mol. The van der Waals surface area contributed by atoms with Crippen LogP contribution in [0.1, 0.15) is 19.8 Å². The molecule has 1 fully saturated rings. The summed E-state index contributed by atoms with van der Waals surface area (Å²) in [6.45, 7) is 5.67. The molecule has 4 nitrogen and oxygen atoms in total. The molecule has 1 unspecified atom stereocenters. The van der Waals surface area contributed by atoms with Crippen molar-refractivity contribution in [2.24, 2.45) is 5.92 Å². The molecule has 1 aromatic carbocycles. The number of nitrogens with zero attached hydrogens (tertiary/aromatic N) is 1. The van der Waals surface area contributed by atoms with E-state index in [-0.39, 0.29) is 5.75 Å². The molecule has 1 aliphatic rings. The third-order valence-electron chi connectivity index (χ3n) is 3.86. The summed E-state index contributed by atoms with van der Waals surface area (Å²) in [5, 5.41) is 19.5. The summed E-state index contributed by atoms with van der Waals surface area (Å²) in [5.41, 5.74) is 0. The van der Waals surface area contributed by atoms with Gasteiger partial charge >= 0.3 is 0 Å². The molecule has 1 saturated heterocycles. The summed E-state index contributed by atoms with van der Waals surface area (Å²) >= 11 is 0. The van der Waals surface area contributed by atoms with Gasteiger partial charge in [-0.2, -0.15) is 0 Å². The first-order chi connectivity index (χ1) is 9.19. The van der Waals surface area contributed by atoms with E-state index in [1.165, 1.54) is 0 Å². The average Bonchev–Trinajstić information content (AvgIpc) is 2.45. The Bertz CT molecular complexity index is 389. The highest BCUT2D eigenvalue weighted by Gasteiger charge is 2.24. The molecule has 0 spiro atoms. The lowest BCUT2D eigenvalue weighted by atomic mass is 9.91. The van der Waals surface area contributed by atoms with E-state index in [1.807, 2.05) is 0 Å². The molecular formula is C15H23NO3. The number of phenols is 1. The summed E-state index contributed by atoms with van der Waals surface area (Å²) in [4.78, 5) is 2.40. The average molecular weight is 265 g/mol. The van der Waals surface area contributed by atoms with Crippen molar-refractivity contribution in [1.29, 1.82) is 0 Å². The second-order valence-electron chi connectivity index (χ2n) is 5.15. The maximum Gasteiger partial charge on any atom is 0.123 e. The van der Waals surface area contributed by atoms with Crippen molar-refractivity contribution in [2.45, 2.75) is 25.9 Å². The maximum absolute atomic E-state index is 10.2. The van der Waals surface area contributed by atoms with E-state index in [9.17, 15) is 10.2 Å². The van der Waals surface area contributed by atoms with E-state index in [0.29, 0.717) is 18.3 Å². The Morgan fingerprint density at radius 1 is 1.37 bits per heavy atom. The number of hydrogen-bond acceptors (Lipinski definition) is 4. The van der Waals surface area contributed by atoms with E-state index in [4.69, 9.17) is 4.74 Å². The van der Waals surface area contributed by atoms with Gasteiger partial charge in [-0.15, -0.1) is 0 Å². The van der Waals surface area contributed by atoms with E-state index < -0.39 is 6.10 Å². The zero-order valence-electron chi connectivity index (χ0n) is 11.5. The van der Waals surface area contributed by atoms with Crippen molar-refractivity contribution in [2.75, 3.05) is 26.2 Å². The first kappa shape index (κ1) is 14.2. The summed E-state index contributed by atoms with van der Waals surface area (Å²) < 4.78 is 5.53. The van der Waals surface area contributed by atoms with E-state index in [0.717, 1.165) is 32.5 Å². The molecule has 106 valence electrons. The van der Waals surface area contributed by atoms with Crippen LogP contribution in [-0.2, 0) is 0 Å². The fourth-order valence-electron chi connectivity index (χ4n) is 2.54. The predicted octanol–water partition coefficient (Wildman–Crippen LogP) is 1.86. The van der Waals surface area contributed by atoms with Gasteiger partial charge in [0.05, 0.1) is 6.10 Å². The standard InChI is InChI=1S/C15H23NO3/c1-2-16-8-6-12(7-9-16)15(18)11-19-14-5-3-4-13(17)10-14/h3-5,10,12,15,17-18H,2,6-9,11H2,1H3. The number of aliphatic hydroxyl groups excluding tert-OH is 1. The van der Waals surface area contributed by atoms with E-state index in [1.54, 1.807) is 24.3 Å². The number of ether oxygens (including phenoxy) is 1. The number of benzene rings is 1. The van der Waals surface area contributed by atoms with Crippen LogP contribution in [0.4, 0.5) is 0 Å². The highest BCUT2D eigenvalue weighted by Crippen LogP contribution is 2.22. The van der Waals surface area contributed by atoms with Gasteiger partial charge in [-0.3, -0.25) is 0 Å². The smallest absolute Gasteiger partial charge is 0.123 e. The van der Waals surface area contributed by atoms with Gasteiger partial charge in [0.2, 0.25) is 0 Å². The molecule has 0 aliphatic carbocycles. The molecule has 0 radical (unpaired) electrons. The van der Waals surface area contributed by atoms with Crippen LogP contribution in [0.3, 0.4) is 0 Å². The molecule has 2 rings (SSSR count). The van der Waals surface area contributed by atoms with Gasteiger partial charge < -0.3 is 19.8 Å². The lowest BCUT2D eigenvalue weighted by Gasteiger charge is -2.33. The van der Waals surface area contributed by atoms with Crippen LogP contribution in [0.2, 0.25) is 0 Å². The molecule has 0 saturated carbocycles. The van der Waals surface area contributed by atoms with Crippen molar-refractivity contribution in [3.05, 3.63) is 24.3 Å². The van der Waals surface area contributed by atoms with Gasteiger partial charge in [0.1, 0.15) is 18.1 Å². The number of aliphatic hydroxyl groups is 1. The summed E-state index contributed by atoms with van der Waals surface area (Å²) in [6.07, 6.45) is 1.62. The van der Waals surface area contributed by atoms with Crippen molar-refractivity contribution in [1.82, 2.24) is 4.90 Å². The number of rotatable bonds is 5. The Kier molecular flexibility index (Phi) is 5.05. The molecule has 19 heavy (non-hydrogen) atoms. The van der Waals surface area contributed by atoms with Gasteiger partial charge in [0.25, 0.3) is 0 Å². The number of piperidine rings is 1. The molecular weight excluding hydrogens is 242 g/mol. The highest BCUT2D eigenvalue weighted by molar-refractivity contribution is 5.31. The van der Waals surface area contributed by atoms with Crippen LogP contribution in [0.5, 0.6) is 11.5 Å². The summed E-state index contributed by atoms with van der Waals surface area (Å²) in [6, 6.07) is 6.68. The zero-order chi connectivity index (χ0) is 13.7. The molecule has 0 amide bonds. The molecule has 1 atom stereocenters. The molecule has 2 N–H and O–H groups in total. The van der Waals surface area contributed by atoms with E-state index in [2.05, 4.69) is 11.8 Å². The minimum absolute atomic E-state index is 0.184. The summed E-state index contributed by atoms with van der Waals surface area (Å²) in [5.74, 6) is 1.10. The molecule has 1 aliphatic heterocycles. The Balaban J connectivity index is 1.77. The fraction of sp³-hybridized carbons (Fsp3) is 0.600. The number of aromatic hydroxyl groups is 1. The third kappa shape index (κ3) is 4.11. The second-order valence-corrected chi connectivity index (χ2v) is 5.15. The molecule has 1 heterocycles. The minimum Gasteiger partial charge on any atom is -0.508 e. The number of hydrogen-bond donors (Lipinski definition) is 2. The van der Waals surface area contributed by atoms with Crippen LogP contribution in [0.15, 0.2) is 24.3 Å². The van der Waals surface area contributed by atoms with Crippen molar-refractivity contribution in [3.8, 4) is 11.5 Å². The van der Waals surface area contributed by atoms with E-state index >= 15 is 0 Å². The predicted molar refractivity (Wildman–Crippen MR) is 74.4 cm³/mol. The van der Waals surface area contributed by atoms with Crippen molar-refractivity contribution in [3.63, 3.8) is 0 Å². The molecule has 1 aromatic rings. The second kappa shape index (κ2) is 6.78. The number of phenolic OH excluding ortho intramolecular Hbond substituents is 1. The summed E-state index contributed by atoms with van der Waals surface area (Å²) in [7, 11) is 0. The van der Waals surface area contributed by atoms with Crippen molar-refractivity contribution >= 4 is 0 Å². The first-order valence-electron chi connectivity index (χ1n) is 7.01. The molecule has 0 aromatic heterocycles. The quantitative estimate of drug-likeness (QED) is 0.853. The van der Waals surface area contributed by atoms with Crippen LogP contribution in [0, 0.1) is 5.92 Å². The first-order valence-corrected chi connectivity index (χ1v) is 7.01. The normalized spacial score (nSPS) is 19.3. The Morgan fingerprint density at radius 3 is 2.74 bits per heavy atom. The molecule has 0 bridgehead atoms. The highest BCUT2D eigenvalue weighted by atomic mass is 16.5. The van der Waals surface area contributed by atoms with Gasteiger partial charge in [-0.05, 0) is 50.5 Å². The van der Waals surface area contributed by atoms with Crippen LogP contribution in [0.25, 0.3) is 0 Å². The van der Waals surface area contributed by atoms with Crippen LogP contribution in [-0.4, -0.2) is 47.5 Å².